The number of fused-ring (bicyclic) bond motifs is 1. The van der Waals surface area contributed by atoms with Crippen LogP contribution in [0.3, 0.4) is 0 Å². The maximum atomic E-state index is 11.1. The number of aliphatic hydroxyl groups excluding tert-OH is 1. The number of benzene rings is 2. The first kappa shape index (κ1) is 35.0. The molecule has 1 aromatic heterocycles. The second kappa shape index (κ2) is 19.7. The fourth-order valence-electron chi connectivity index (χ4n) is 5.55. The Bertz CT molecular complexity index is 1120. The van der Waals surface area contributed by atoms with Crippen molar-refractivity contribution in [3.05, 3.63) is 72.3 Å². The molecule has 3 aromatic rings. The summed E-state index contributed by atoms with van der Waals surface area (Å²) < 4.78 is 5.65. The van der Waals surface area contributed by atoms with E-state index in [9.17, 15) is 5.11 Å². The summed E-state index contributed by atoms with van der Waals surface area (Å²) in [7, 11) is 4.16. The third-order valence-electron chi connectivity index (χ3n) is 8.39. The van der Waals surface area contributed by atoms with E-state index in [1.165, 1.54) is 60.4 Å². The van der Waals surface area contributed by atoms with Gasteiger partial charge in [0.2, 0.25) is 0 Å². The van der Waals surface area contributed by atoms with Crippen LogP contribution >= 0.6 is 11.8 Å². The van der Waals surface area contributed by atoms with Gasteiger partial charge in [-0.15, -0.1) is 11.8 Å². The van der Waals surface area contributed by atoms with Crippen molar-refractivity contribution in [2.75, 3.05) is 44.4 Å². The highest BCUT2D eigenvalue weighted by atomic mass is 32.2. The van der Waals surface area contributed by atoms with E-state index >= 15 is 0 Å². The summed E-state index contributed by atoms with van der Waals surface area (Å²) in [4.78, 5) is 10.6. The van der Waals surface area contributed by atoms with Crippen molar-refractivity contribution >= 4 is 17.4 Å². The predicted molar refractivity (Wildman–Crippen MR) is 184 cm³/mol. The maximum Gasteiger partial charge on any atom is 0.119 e. The fraction of sp³-hybridized carbons (Fsp3) is 0.583. The zero-order chi connectivity index (χ0) is 30.8. The molecular formula is C36H56N4O2S. The molecule has 0 saturated carbocycles. The second-order valence-electron chi connectivity index (χ2n) is 12.1. The van der Waals surface area contributed by atoms with Gasteiger partial charge >= 0.3 is 0 Å². The summed E-state index contributed by atoms with van der Waals surface area (Å²) >= 11 is 1.96. The van der Waals surface area contributed by atoms with Gasteiger partial charge in [0, 0.05) is 67.1 Å². The average molecular weight is 609 g/mol. The summed E-state index contributed by atoms with van der Waals surface area (Å²) in [6.07, 6.45) is 15.9. The molecule has 0 spiro atoms. The van der Waals surface area contributed by atoms with E-state index in [0.29, 0.717) is 0 Å². The Morgan fingerprint density at radius 3 is 2.44 bits per heavy atom. The Labute approximate surface area is 265 Å². The maximum absolute atomic E-state index is 11.1. The van der Waals surface area contributed by atoms with Crippen LogP contribution in [0.15, 0.2) is 66.0 Å². The number of hydrogen-bond acceptors (Lipinski definition) is 6. The summed E-state index contributed by atoms with van der Waals surface area (Å²) in [5, 5.41) is 14.5. The summed E-state index contributed by atoms with van der Waals surface area (Å²) in [5.74, 6) is 2.02. The van der Waals surface area contributed by atoms with Gasteiger partial charge < -0.3 is 25.0 Å². The van der Waals surface area contributed by atoms with E-state index in [-0.39, 0.29) is 11.5 Å². The smallest absolute Gasteiger partial charge is 0.119 e. The van der Waals surface area contributed by atoms with Gasteiger partial charge in [0.15, 0.2) is 0 Å². The van der Waals surface area contributed by atoms with Crippen LogP contribution in [0.25, 0.3) is 0 Å². The third-order valence-corrected chi connectivity index (χ3v) is 9.82. The van der Waals surface area contributed by atoms with E-state index in [4.69, 9.17) is 4.74 Å². The Morgan fingerprint density at radius 2 is 1.77 bits per heavy atom. The highest BCUT2D eigenvalue weighted by Gasteiger charge is 2.39. The summed E-state index contributed by atoms with van der Waals surface area (Å²) in [6, 6.07) is 16.7. The highest BCUT2D eigenvalue weighted by molar-refractivity contribution is 7.99. The first-order valence-corrected chi connectivity index (χ1v) is 17.4. The quantitative estimate of drug-likeness (QED) is 0.135. The molecule has 6 nitrogen and oxygen atoms in total. The zero-order valence-electron chi connectivity index (χ0n) is 27.1. The summed E-state index contributed by atoms with van der Waals surface area (Å²) in [6.45, 7) is 7.38. The highest BCUT2D eigenvalue weighted by Crippen LogP contribution is 2.45. The molecule has 0 fully saturated rings. The molecule has 4 rings (SSSR count). The molecule has 2 aromatic carbocycles. The van der Waals surface area contributed by atoms with Crippen molar-refractivity contribution in [1.82, 2.24) is 15.3 Å². The van der Waals surface area contributed by atoms with Gasteiger partial charge in [0.05, 0.1) is 19.0 Å². The summed E-state index contributed by atoms with van der Waals surface area (Å²) in [5.41, 5.74) is 3.83. The number of imidazole rings is 1. The number of rotatable bonds is 17. The van der Waals surface area contributed by atoms with Crippen LogP contribution < -0.4 is 15.0 Å². The second-order valence-corrected chi connectivity index (χ2v) is 13.1. The van der Waals surface area contributed by atoms with Crippen LogP contribution in [0.4, 0.5) is 5.69 Å². The number of hydrogen-bond donors (Lipinski definition) is 3. The minimum absolute atomic E-state index is 0.0913. The van der Waals surface area contributed by atoms with Gasteiger partial charge in [-0.1, -0.05) is 57.7 Å². The number of para-hydroxylation sites is 1. The molecule has 0 saturated heterocycles. The molecule has 1 aliphatic heterocycles. The monoisotopic (exact) mass is 608 g/mol. The molecule has 1 atom stereocenters. The molecule has 7 heteroatoms. The van der Waals surface area contributed by atoms with E-state index in [2.05, 4.69) is 66.3 Å². The van der Waals surface area contributed by atoms with E-state index < -0.39 is 0 Å². The van der Waals surface area contributed by atoms with Gasteiger partial charge in [-0.2, -0.15) is 0 Å². The molecule has 0 amide bonds. The molecule has 2 heterocycles. The van der Waals surface area contributed by atoms with Crippen LogP contribution in [0.5, 0.6) is 5.75 Å². The average Bonchev–Trinajstić information content (AvgIpc) is 3.50. The standard InChI is InChI=1S/C20H33NOS.C16H23N3O/c1-5-7-11-20(12-8-6-2)15-23-18-10-9-17(21(3)4)13-16(18)14-19(20)22;1-3-7-16(8-4-1)20-12-6-2-5-10-17-11-9-15-13-18-14-19-15/h9-10,13,19,22H,5-8,11-12,14-15H2,1-4H3;1,3-4,7-8,13-14,17H,2,5-6,9-12H2,(H,18,19)/t19-;/m1./s1. The Morgan fingerprint density at radius 1 is 1.00 bits per heavy atom. The minimum Gasteiger partial charge on any atom is -0.494 e. The Kier molecular flexibility index (Phi) is 16.1. The van der Waals surface area contributed by atoms with Crippen LogP contribution in [0.1, 0.15) is 82.9 Å². The largest absolute Gasteiger partial charge is 0.494 e. The number of anilines is 1. The minimum atomic E-state index is -0.216. The number of thioether (sulfide) groups is 1. The zero-order valence-corrected chi connectivity index (χ0v) is 27.9. The molecule has 0 radical (unpaired) electrons. The van der Waals surface area contributed by atoms with Crippen molar-refractivity contribution < 1.29 is 9.84 Å². The number of H-pyrrole nitrogens is 1. The van der Waals surface area contributed by atoms with Crippen molar-refractivity contribution in [3.63, 3.8) is 0 Å². The molecule has 43 heavy (non-hydrogen) atoms. The lowest BCUT2D eigenvalue weighted by molar-refractivity contribution is 0.0259. The van der Waals surface area contributed by atoms with E-state index in [0.717, 1.165) is 63.3 Å². The van der Waals surface area contributed by atoms with Gasteiger partial charge in [-0.3, -0.25) is 0 Å². The fourth-order valence-corrected chi connectivity index (χ4v) is 6.97. The lowest BCUT2D eigenvalue weighted by atomic mass is 9.73. The number of nitrogens with zero attached hydrogens (tertiary/aromatic N) is 2. The van der Waals surface area contributed by atoms with Gasteiger partial charge in [0.25, 0.3) is 0 Å². The van der Waals surface area contributed by atoms with Gasteiger partial charge in [-0.05, 0) is 74.5 Å². The molecule has 238 valence electrons. The molecule has 1 aliphatic rings. The molecule has 0 bridgehead atoms. The Balaban J connectivity index is 0.000000238. The van der Waals surface area contributed by atoms with Crippen LogP contribution in [-0.2, 0) is 12.8 Å². The Hall–Kier alpha value is -2.48. The number of aromatic nitrogens is 2. The lowest BCUT2D eigenvalue weighted by Crippen LogP contribution is -2.38. The number of nitrogens with one attached hydrogen (secondary N) is 2. The third kappa shape index (κ3) is 12.2. The number of ether oxygens (including phenoxy) is 1. The number of unbranched alkanes of at least 4 members (excludes halogenated alkanes) is 4. The lowest BCUT2D eigenvalue weighted by Gasteiger charge is -2.37. The van der Waals surface area contributed by atoms with Crippen LogP contribution in [0.2, 0.25) is 0 Å². The van der Waals surface area contributed by atoms with E-state index in [1.807, 2.05) is 48.3 Å². The van der Waals surface area contributed by atoms with Crippen LogP contribution in [0, 0.1) is 5.41 Å². The SMILES string of the molecule is CCCCC1(CCCC)CSc2ccc(N(C)C)cc2C[C@H]1O.c1ccc(OCCCCCNCCc2cnc[nH]2)cc1. The van der Waals surface area contributed by atoms with Crippen molar-refractivity contribution in [2.24, 2.45) is 5.41 Å². The van der Waals surface area contributed by atoms with Crippen molar-refractivity contribution in [3.8, 4) is 5.75 Å². The van der Waals surface area contributed by atoms with E-state index in [1.54, 1.807) is 6.33 Å². The molecule has 3 N–H and O–H groups in total. The van der Waals surface area contributed by atoms with Crippen molar-refractivity contribution in [1.29, 1.82) is 0 Å². The normalized spacial score (nSPS) is 15.6. The molecular weight excluding hydrogens is 552 g/mol. The molecule has 0 aliphatic carbocycles. The topological polar surface area (TPSA) is 73.4 Å². The number of aliphatic hydroxyl groups is 1. The predicted octanol–water partition coefficient (Wildman–Crippen LogP) is 7.92. The van der Waals surface area contributed by atoms with Crippen molar-refractivity contribution in [2.45, 2.75) is 95.5 Å². The first-order valence-electron chi connectivity index (χ1n) is 16.4. The van der Waals surface area contributed by atoms with Gasteiger partial charge in [0.1, 0.15) is 5.75 Å². The van der Waals surface area contributed by atoms with Gasteiger partial charge in [-0.25, -0.2) is 4.98 Å². The first-order chi connectivity index (χ1) is 21.0. The number of aromatic amines is 1. The van der Waals surface area contributed by atoms with Crippen LogP contribution in [-0.4, -0.2) is 60.7 Å². The molecule has 0 unspecified atom stereocenters.